The molecule has 0 amide bonds. The molecule has 0 aromatic heterocycles. The summed E-state index contributed by atoms with van der Waals surface area (Å²) < 4.78 is 0. The SMILES string of the molecule is c1ccc(N(c2ccccc2)c2ccc3c(N(c4ccccc4)c4ccccc4)cc4cccc5ccc2c3c54)cc1.c1ccc(N(c2ccccc2)c2ccc3c(N(c4ccccc4)c4ccccc4)cc4cccc5ccc2c3c54)cc1. The Hall–Kier alpha value is -11.2. The minimum Gasteiger partial charge on any atom is -0.310 e. The summed E-state index contributed by atoms with van der Waals surface area (Å²) >= 11 is 0. The van der Waals surface area contributed by atoms with Gasteiger partial charge in [0.2, 0.25) is 0 Å². The molecule has 0 heterocycles. The van der Waals surface area contributed by atoms with E-state index in [-0.39, 0.29) is 0 Å². The van der Waals surface area contributed by atoms with Crippen LogP contribution in [0.1, 0.15) is 0 Å². The largest absolute Gasteiger partial charge is 0.310 e. The van der Waals surface area contributed by atoms with Crippen LogP contribution in [0.25, 0.3) is 64.6 Å². The van der Waals surface area contributed by atoms with E-state index in [9.17, 15) is 0 Å². The van der Waals surface area contributed by atoms with Gasteiger partial charge in [0, 0.05) is 77.8 Å². The van der Waals surface area contributed by atoms with Crippen LogP contribution in [0.5, 0.6) is 0 Å². The molecular formula is C80H56N4. The van der Waals surface area contributed by atoms with E-state index in [1.54, 1.807) is 0 Å². The van der Waals surface area contributed by atoms with Crippen LogP contribution in [0.4, 0.5) is 68.2 Å². The molecule has 0 saturated carbocycles. The quantitative estimate of drug-likeness (QED) is 0.113. The number of para-hydroxylation sites is 8. The van der Waals surface area contributed by atoms with E-state index < -0.39 is 0 Å². The molecule has 4 nitrogen and oxygen atoms in total. The van der Waals surface area contributed by atoms with Gasteiger partial charge in [0.1, 0.15) is 0 Å². The molecule has 0 unspecified atom stereocenters. The Morgan fingerprint density at radius 1 is 0.143 bits per heavy atom. The van der Waals surface area contributed by atoms with Crippen molar-refractivity contribution >= 4 is 133 Å². The van der Waals surface area contributed by atoms with Crippen molar-refractivity contribution in [3.8, 4) is 0 Å². The molecule has 0 aliphatic rings. The van der Waals surface area contributed by atoms with Gasteiger partial charge in [-0.05, 0) is 154 Å². The van der Waals surface area contributed by atoms with Crippen LogP contribution in [-0.4, -0.2) is 0 Å². The van der Waals surface area contributed by atoms with Crippen molar-refractivity contribution in [1.82, 2.24) is 0 Å². The predicted molar refractivity (Wildman–Crippen MR) is 359 cm³/mol. The second-order valence-corrected chi connectivity index (χ2v) is 21.2. The molecule has 0 bridgehead atoms. The summed E-state index contributed by atoms with van der Waals surface area (Å²) in [7, 11) is 0. The van der Waals surface area contributed by atoms with Gasteiger partial charge in [0.05, 0.1) is 22.7 Å². The van der Waals surface area contributed by atoms with E-state index in [1.807, 2.05) is 0 Å². The first kappa shape index (κ1) is 49.8. The molecule has 396 valence electrons. The summed E-state index contributed by atoms with van der Waals surface area (Å²) in [6, 6.07) is 122. The van der Waals surface area contributed by atoms with Gasteiger partial charge in [-0.15, -0.1) is 0 Å². The number of hydrogen-bond donors (Lipinski definition) is 0. The molecule has 84 heavy (non-hydrogen) atoms. The fraction of sp³-hybridized carbons (Fsp3) is 0. The molecule has 0 aliphatic heterocycles. The topological polar surface area (TPSA) is 13.0 Å². The highest BCUT2D eigenvalue weighted by Crippen LogP contribution is 2.51. The van der Waals surface area contributed by atoms with Gasteiger partial charge in [-0.25, -0.2) is 0 Å². The second-order valence-electron chi connectivity index (χ2n) is 21.2. The van der Waals surface area contributed by atoms with E-state index in [0.717, 1.165) is 56.9 Å². The molecule has 0 N–H and O–H groups in total. The monoisotopic (exact) mass is 1070 g/mol. The van der Waals surface area contributed by atoms with Crippen molar-refractivity contribution in [1.29, 1.82) is 0 Å². The van der Waals surface area contributed by atoms with Crippen LogP contribution < -0.4 is 19.6 Å². The first-order valence-electron chi connectivity index (χ1n) is 28.8. The van der Waals surface area contributed by atoms with Gasteiger partial charge in [-0.3, -0.25) is 0 Å². The van der Waals surface area contributed by atoms with Crippen LogP contribution in [0, 0.1) is 0 Å². The third-order valence-corrected chi connectivity index (χ3v) is 16.3. The van der Waals surface area contributed by atoms with Crippen LogP contribution in [0.3, 0.4) is 0 Å². The summed E-state index contributed by atoms with van der Waals surface area (Å²) in [4.78, 5) is 9.51. The van der Waals surface area contributed by atoms with Crippen molar-refractivity contribution in [2.75, 3.05) is 19.6 Å². The molecule has 16 aromatic carbocycles. The Morgan fingerprint density at radius 2 is 0.357 bits per heavy atom. The van der Waals surface area contributed by atoms with Crippen LogP contribution in [-0.2, 0) is 0 Å². The highest BCUT2D eigenvalue weighted by molar-refractivity contribution is 6.30. The van der Waals surface area contributed by atoms with E-state index >= 15 is 0 Å². The number of rotatable bonds is 12. The fourth-order valence-electron chi connectivity index (χ4n) is 12.7. The van der Waals surface area contributed by atoms with Gasteiger partial charge in [-0.1, -0.05) is 218 Å². The minimum absolute atomic E-state index is 1.13. The first-order chi connectivity index (χ1) is 41.7. The highest BCUT2D eigenvalue weighted by atomic mass is 15.2. The Morgan fingerprint density at radius 3 is 0.619 bits per heavy atom. The maximum Gasteiger partial charge on any atom is 0.0546 e. The third kappa shape index (κ3) is 8.91. The summed E-state index contributed by atoms with van der Waals surface area (Å²) in [6.07, 6.45) is 0. The van der Waals surface area contributed by atoms with Crippen LogP contribution in [0.15, 0.2) is 340 Å². The van der Waals surface area contributed by atoms with E-state index in [2.05, 4.69) is 359 Å². The standard InChI is InChI=1S/2C40H28N2/c2*1-5-16-31(17-6-1)41(32-18-7-2-8-19-32)37-27-26-36-38(28-30-15-13-14-29-24-25-35(37)40(36)39(29)30)42(33-20-9-3-10-21-33)34-22-11-4-12-23-34/h2*1-28H. The third-order valence-electron chi connectivity index (χ3n) is 16.3. The van der Waals surface area contributed by atoms with Gasteiger partial charge >= 0.3 is 0 Å². The fourth-order valence-corrected chi connectivity index (χ4v) is 12.7. The highest BCUT2D eigenvalue weighted by Gasteiger charge is 2.25. The molecule has 16 rings (SSSR count). The molecule has 0 radical (unpaired) electrons. The number of anilines is 12. The summed E-state index contributed by atoms with van der Waals surface area (Å²) in [5, 5.41) is 15.1. The zero-order valence-corrected chi connectivity index (χ0v) is 46.1. The zero-order chi connectivity index (χ0) is 55.8. The zero-order valence-electron chi connectivity index (χ0n) is 46.1. The molecule has 0 aliphatic carbocycles. The van der Waals surface area contributed by atoms with Crippen LogP contribution >= 0.6 is 0 Å². The summed E-state index contributed by atoms with van der Waals surface area (Å²) in [5.74, 6) is 0. The molecular weight excluding hydrogens is 1020 g/mol. The average molecular weight is 1070 g/mol. The Labute approximate surface area is 489 Å². The Bertz CT molecular complexity index is 4390. The van der Waals surface area contributed by atoms with E-state index in [0.29, 0.717) is 0 Å². The van der Waals surface area contributed by atoms with Crippen molar-refractivity contribution in [2.24, 2.45) is 0 Å². The van der Waals surface area contributed by atoms with Crippen molar-refractivity contribution in [2.45, 2.75) is 0 Å². The van der Waals surface area contributed by atoms with E-state index in [1.165, 1.54) is 76.0 Å². The smallest absolute Gasteiger partial charge is 0.0546 e. The lowest BCUT2D eigenvalue weighted by Gasteiger charge is -2.30. The first-order valence-corrected chi connectivity index (χ1v) is 28.8. The minimum atomic E-state index is 1.13. The van der Waals surface area contributed by atoms with Gasteiger partial charge in [0.25, 0.3) is 0 Å². The molecule has 0 saturated heterocycles. The maximum atomic E-state index is 2.38. The number of nitrogens with zero attached hydrogens (tertiary/aromatic N) is 4. The van der Waals surface area contributed by atoms with Crippen molar-refractivity contribution in [3.05, 3.63) is 340 Å². The maximum absolute atomic E-state index is 2.38. The van der Waals surface area contributed by atoms with Gasteiger partial charge in [-0.2, -0.15) is 0 Å². The number of benzene rings is 16. The Balaban J connectivity index is 0.000000143. The molecule has 4 heteroatoms. The van der Waals surface area contributed by atoms with E-state index in [4.69, 9.17) is 0 Å². The molecule has 0 spiro atoms. The normalized spacial score (nSPS) is 11.3. The second kappa shape index (κ2) is 21.7. The molecule has 0 fully saturated rings. The molecule has 16 aromatic rings. The predicted octanol–water partition coefficient (Wildman–Crippen LogP) is 23.0. The van der Waals surface area contributed by atoms with Crippen molar-refractivity contribution < 1.29 is 0 Å². The Kier molecular flexibility index (Phi) is 12.9. The van der Waals surface area contributed by atoms with Gasteiger partial charge < -0.3 is 19.6 Å². The molecule has 0 atom stereocenters. The lowest BCUT2D eigenvalue weighted by molar-refractivity contribution is 1.29. The number of hydrogen-bond acceptors (Lipinski definition) is 4. The summed E-state index contributed by atoms with van der Waals surface area (Å²) in [6.45, 7) is 0. The van der Waals surface area contributed by atoms with Crippen LogP contribution in [0.2, 0.25) is 0 Å². The lowest BCUT2D eigenvalue weighted by atomic mass is 9.91. The van der Waals surface area contributed by atoms with Crippen molar-refractivity contribution in [3.63, 3.8) is 0 Å². The summed E-state index contributed by atoms with van der Waals surface area (Å²) in [5.41, 5.74) is 13.7. The van der Waals surface area contributed by atoms with Gasteiger partial charge in [0.15, 0.2) is 0 Å². The lowest BCUT2D eigenvalue weighted by Crippen LogP contribution is -2.12. The average Bonchev–Trinajstić information content (AvgIpc) is 1.12.